The largest absolute Gasteiger partial charge is 0.497 e. The molecule has 0 unspecified atom stereocenters. The van der Waals surface area contributed by atoms with Crippen molar-refractivity contribution in [2.75, 3.05) is 32.2 Å². The standard InChI is InChI=1S/C31H36N4O6/c1-7-40-28(37)25-24-16-19-34(27(36)26(24)35(32-25)22-12-14-23(39-6)15-13-22)21-10-8-20(9-11-21)31(17-18-31)33(5)29(38)41-30(2,3)4/h8-15H,7,16-19H2,1-6H3. The minimum absolute atomic E-state index is 0.155. The van der Waals surface area contributed by atoms with Gasteiger partial charge >= 0.3 is 12.1 Å². The molecule has 3 aromatic rings. The van der Waals surface area contributed by atoms with Crippen LogP contribution in [0.1, 0.15) is 72.6 Å². The minimum atomic E-state index is -0.579. The van der Waals surface area contributed by atoms with Crippen LogP contribution in [0.2, 0.25) is 0 Å². The fourth-order valence-corrected chi connectivity index (χ4v) is 5.27. The van der Waals surface area contributed by atoms with Gasteiger partial charge in [0.1, 0.15) is 17.0 Å². The number of methoxy groups -OCH3 is 1. The third-order valence-corrected chi connectivity index (χ3v) is 7.55. The molecule has 2 heterocycles. The van der Waals surface area contributed by atoms with Crippen molar-refractivity contribution in [1.29, 1.82) is 0 Å². The zero-order valence-corrected chi connectivity index (χ0v) is 24.4. The first kappa shape index (κ1) is 28.2. The van der Waals surface area contributed by atoms with Gasteiger partial charge in [-0.1, -0.05) is 12.1 Å². The Morgan fingerprint density at radius 1 is 1.02 bits per heavy atom. The number of carbonyl (C=O) groups is 3. The van der Waals surface area contributed by atoms with Crippen LogP contribution in [0.25, 0.3) is 5.69 Å². The van der Waals surface area contributed by atoms with E-state index in [-0.39, 0.29) is 24.3 Å². The summed E-state index contributed by atoms with van der Waals surface area (Å²) in [5.41, 5.74) is 2.41. The summed E-state index contributed by atoms with van der Waals surface area (Å²) in [7, 11) is 3.35. The fraction of sp³-hybridized carbons (Fsp3) is 0.419. The van der Waals surface area contributed by atoms with E-state index in [1.54, 1.807) is 55.1 Å². The lowest BCUT2D eigenvalue weighted by Gasteiger charge is -2.32. The van der Waals surface area contributed by atoms with E-state index in [1.807, 2.05) is 45.0 Å². The van der Waals surface area contributed by atoms with Gasteiger partial charge in [-0.05, 0) is 88.9 Å². The maximum atomic E-state index is 14.0. The lowest BCUT2D eigenvalue weighted by atomic mass is 10.0. The summed E-state index contributed by atoms with van der Waals surface area (Å²) in [5, 5.41) is 4.53. The highest BCUT2D eigenvalue weighted by Gasteiger charge is 2.51. The van der Waals surface area contributed by atoms with Crippen LogP contribution in [0.4, 0.5) is 10.5 Å². The molecule has 2 aromatic carbocycles. The Bertz CT molecular complexity index is 1470. The highest BCUT2D eigenvalue weighted by atomic mass is 16.6. The number of aromatic nitrogens is 2. The van der Waals surface area contributed by atoms with E-state index in [0.717, 1.165) is 24.1 Å². The predicted octanol–water partition coefficient (Wildman–Crippen LogP) is 5.12. The third kappa shape index (κ3) is 5.26. The molecule has 0 atom stereocenters. The molecule has 0 radical (unpaired) electrons. The van der Waals surface area contributed by atoms with E-state index in [1.165, 1.54) is 4.68 Å². The Kier molecular flexibility index (Phi) is 7.27. The van der Waals surface area contributed by atoms with Crippen molar-refractivity contribution in [3.63, 3.8) is 0 Å². The van der Waals surface area contributed by atoms with E-state index in [2.05, 4.69) is 5.10 Å². The molecule has 1 aliphatic heterocycles. The smallest absolute Gasteiger partial charge is 0.410 e. The first-order chi connectivity index (χ1) is 19.5. The quantitative estimate of drug-likeness (QED) is 0.370. The summed E-state index contributed by atoms with van der Waals surface area (Å²) in [4.78, 5) is 42.9. The molecule has 216 valence electrons. The van der Waals surface area contributed by atoms with Crippen molar-refractivity contribution in [1.82, 2.24) is 14.7 Å². The molecular weight excluding hydrogens is 524 g/mol. The second-order valence-electron chi connectivity index (χ2n) is 11.3. The van der Waals surface area contributed by atoms with Crippen LogP contribution in [-0.4, -0.2) is 65.6 Å². The molecule has 5 rings (SSSR count). The molecule has 10 nitrogen and oxygen atoms in total. The van der Waals surface area contributed by atoms with E-state index in [4.69, 9.17) is 14.2 Å². The highest BCUT2D eigenvalue weighted by Crippen LogP contribution is 2.51. The SMILES string of the molecule is CCOC(=O)c1nn(-c2ccc(OC)cc2)c2c1CCN(c1ccc(C3(N(C)C(=O)OC(C)(C)C)CC3)cc1)C2=O. The van der Waals surface area contributed by atoms with Gasteiger partial charge in [0.25, 0.3) is 5.91 Å². The predicted molar refractivity (Wildman–Crippen MR) is 153 cm³/mol. The Morgan fingerprint density at radius 2 is 1.66 bits per heavy atom. The first-order valence-corrected chi connectivity index (χ1v) is 13.8. The lowest BCUT2D eigenvalue weighted by molar-refractivity contribution is 0.0189. The summed E-state index contributed by atoms with van der Waals surface area (Å²) in [5.74, 6) is -0.144. The Morgan fingerprint density at radius 3 is 2.22 bits per heavy atom. The van der Waals surface area contributed by atoms with Gasteiger partial charge in [-0.25, -0.2) is 14.3 Å². The molecule has 0 N–H and O–H groups in total. The summed E-state index contributed by atoms with van der Waals surface area (Å²) in [6.07, 6.45) is 1.76. The highest BCUT2D eigenvalue weighted by molar-refractivity contribution is 6.09. The van der Waals surface area contributed by atoms with Gasteiger partial charge in [-0.2, -0.15) is 5.10 Å². The summed E-state index contributed by atoms with van der Waals surface area (Å²) < 4.78 is 17.6. The number of ether oxygens (including phenoxy) is 3. The summed E-state index contributed by atoms with van der Waals surface area (Å²) in [6, 6.07) is 14.9. The lowest BCUT2D eigenvalue weighted by Crippen LogP contribution is -2.41. The van der Waals surface area contributed by atoms with Crippen LogP contribution < -0.4 is 9.64 Å². The number of fused-ring (bicyclic) bond motifs is 1. The molecule has 1 fully saturated rings. The average Bonchev–Trinajstić information content (AvgIpc) is 3.66. The molecular formula is C31H36N4O6. The fourth-order valence-electron chi connectivity index (χ4n) is 5.27. The number of rotatable bonds is 7. The molecule has 0 spiro atoms. The van der Waals surface area contributed by atoms with E-state index in [9.17, 15) is 14.4 Å². The zero-order valence-electron chi connectivity index (χ0n) is 24.4. The molecule has 10 heteroatoms. The summed E-state index contributed by atoms with van der Waals surface area (Å²) >= 11 is 0. The van der Waals surface area contributed by atoms with Gasteiger partial charge in [0.15, 0.2) is 5.69 Å². The van der Waals surface area contributed by atoms with Gasteiger partial charge < -0.3 is 24.0 Å². The molecule has 41 heavy (non-hydrogen) atoms. The normalized spacial score (nSPS) is 15.7. The van der Waals surface area contributed by atoms with E-state index in [0.29, 0.717) is 35.7 Å². The van der Waals surface area contributed by atoms with Crippen LogP contribution in [0.3, 0.4) is 0 Å². The first-order valence-electron chi connectivity index (χ1n) is 13.8. The van der Waals surface area contributed by atoms with Gasteiger partial charge in [-0.3, -0.25) is 4.79 Å². The van der Waals surface area contributed by atoms with Gasteiger partial charge in [0.2, 0.25) is 0 Å². The molecule has 1 aliphatic carbocycles. The number of amides is 2. The second kappa shape index (κ2) is 10.6. The number of benzene rings is 2. The minimum Gasteiger partial charge on any atom is -0.497 e. The maximum absolute atomic E-state index is 14.0. The average molecular weight is 561 g/mol. The van der Waals surface area contributed by atoms with Gasteiger partial charge in [0, 0.05) is 24.8 Å². The monoisotopic (exact) mass is 560 g/mol. The van der Waals surface area contributed by atoms with Crippen molar-refractivity contribution in [2.45, 2.75) is 58.1 Å². The number of hydrogen-bond acceptors (Lipinski definition) is 7. The Hall–Kier alpha value is -4.34. The maximum Gasteiger partial charge on any atom is 0.410 e. The second-order valence-corrected chi connectivity index (χ2v) is 11.3. The van der Waals surface area contributed by atoms with Crippen molar-refractivity contribution < 1.29 is 28.6 Å². The van der Waals surface area contributed by atoms with Crippen LogP contribution in [0.15, 0.2) is 48.5 Å². The molecule has 2 aliphatic rings. The van der Waals surface area contributed by atoms with Crippen molar-refractivity contribution in [3.05, 3.63) is 71.0 Å². The molecule has 0 bridgehead atoms. The van der Waals surface area contributed by atoms with Crippen LogP contribution in [-0.2, 0) is 21.4 Å². The topological polar surface area (TPSA) is 103 Å². The van der Waals surface area contributed by atoms with Crippen LogP contribution in [0.5, 0.6) is 5.75 Å². The Balaban J connectivity index is 1.45. The third-order valence-electron chi connectivity index (χ3n) is 7.55. The Labute approximate surface area is 239 Å². The van der Waals surface area contributed by atoms with Crippen molar-refractivity contribution in [2.24, 2.45) is 0 Å². The number of carbonyl (C=O) groups excluding carboxylic acids is 3. The molecule has 1 saturated carbocycles. The van der Waals surface area contributed by atoms with Gasteiger partial charge in [-0.15, -0.1) is 0 Å². The zero-order chi connectivity index (χ0) is 29.5. The molecule has 1 aromatic heterocycles. The van der Waals surface area contributed by atoms with Crippen LogP contribution in [0, 0.1) is 0 Å². The van der Waals surface area contributed by atoms with Crippen molar-refractivity contribution in [3.8, 4) is 11.4 Å². The number of hydrogen-bond donors (Lipinski definition) is 0. The number of nitrogens with zero attached hydrogens (tertiary/aromatic N) is 4. The van der Waals surface area contributed by atoms with Gasteiger partial charge in [0.05, 0.1) is 24.9 Å². The number of esters is 1. The van der Waals surface area contributed by atoms with E-state index >= 15 is 0 Å². The van der Waals surface area contributed by atoms with E-state index < -0.39 is 17.1 Å². The number of anilines is 1. The molecule has 2 amide bonds. The van der Waals surface area contributed by atoms with Crippen molar-refractivity contribution >= 4 is 23.7 Å². The summed E-state index contributed by atoms with van der Waals surface area (Å²) in [6.45, 7) is 7.88. The van der Waals surface area contributed by atoms with Crippen LogP contribution >= 0.6 is 0 Å². The molecule has 0 saturated heterocycles.